The van der Waals surface area contributed by atoms with Crippen LogP contribution in [0.15, 0.2) is 24.5 Å². The van der Waals surface area contributed by atoms with E-state index in [1.807, 2.05) is 0 Å². The summed E-state index contributed by atoms with van der Waals surface area (Å²) in [7, 11) is 0. The number of rotatable bonds is 3. The van der Waals surface area contributed by atoms with Crippen molar-refractivity contribution >= 4 is 5.91 Å². The maximum Gasteiger partial charge on any atom is 0.254 e. The van der Waals surface area contributed by atoms with Crippen LogP contribution in [0.25, 0.3) is 0 Å². The lowest BCUT2D eigenvalue weighted by Gasteiger charge is -2.33. The molecule has 2 aliphatic rings. The molecule has 7 heteroatoms. The van der Waals surface area contributed by atoms with Crippen LogP contribution in [0.5, 0.6) is 0 Å². The lowest BCUT2D eigenvalue weighted by Crippen LogP contribution is -2.39. The van der Waals surface area contributed by atoms with Gasteiger partial charge in [-0.05, 0) is 37.8 Å². The van der Waals surface area contributed by atoms with E-state index < -0.39 is 11.6 Å². The molecule has 1 aliphatic heterocycles. The second-order valence-corrected chi connectivity index (χ2v) is 6.55. The van der Waals surface area contributed by atoms with Crippen molar-refractivity contribution in [2.24, 2.45) is 0 Å². The van der Waals surface area contributed by atoms with Gasteiger partial charge in [-0.15, -0.1) is 10.2 Å². The summed E-state index contributed by atoms with van der Waals surface area (Å²) in [6.07, 6.45) is 5.70. The van der Waals surface area contributed by atoms with E-state index in [1.165, 1.54) is 12.8 Å². The molecule has 0 radical (unpaired) electrons. The van der Waals surface area contributed by atoms with Crippen LogP contribution in [-0.2, 0) is 0 Å². The molecule has 24 heavy (non-hydrogen) atoms. The first-order valence-corrected chi connectivity index (χ1v) is 8.26. The molecule has 1 aromatic carbocycles. The number of likely N-dealkylation sites (tertiary alicyclic amines) is 1. The molecular weight excluding hydrogens is 314 g/mol. The highest BCUT2D eigenvalue weighted by molar-refractivity contribution is 5.94. The maximum absolute atomic E-state index is 13.3. The Hall–Kier alpha value is -2.31. The predicted octanol–water partition coefficient (Wildman–Crippen LogP) is 2.91. The summed E-state index contributed by atoms with van der Waals surface area (Å²) in [6.45, 7) is 1.12. The summed E-state index contributed by atoms with van der Waals surface area (Å²) < 4.78 is 28.7. The minimum absolute atomic E-state index is 0.0638. The van der Waals surface area contributed by atoms with Crippen LogP contribution in [-0.4, -0.2) is 38.7 Å². The third-order valence-corrected chi connectivity index (χ3v) is 4.80. The smallest absolute Gasteiger partial charge is 0.254 e. The monoisotopic (exact) mass is 332 g/mol. The van der Waals surface area contributed by atoms with E-state index in [1.54, 1.807) is 11.2 Å². The first-order valence-electron chi connectivity index (χ1n) is 8.26. The van der Waals surface area contributed by atoms with Crippen molar-refractivity contribution in [3.8, 4) is 0 Å². The third-order valence-electron chi connectivity index (χ3n) is 4.80. The Kier molecular flexibility index (Phi) is 3.78. The fourth-order valence-corrected chi connectivity index (χ4v) is 3.37. The van der Waals surface area contributed by atoms with Gasteiger partial charge in [0.1, 0.15) is 23.8 Å². The lowest BCUT2D eigenvalue weighted by molar-refractivity contribution is 0.0692. The largest absolute Gasteiger partial charge is 0.338 e. The molecule has 2 fully saturated rings. The van der Waals surface area contributed by atoms with E-state index in [0.717, 1.165) is 36.9 Å². The first kappa shape index (κ1) is 15.2. The van der Waals surface area contributed by atoms with Crippen LogP contribution in [0.4, 0.5) is 8.78 Å². The molecule has 0 unspecified atom stereocenters. The number of amides is 1. The van der Waals surface area contributed by atoms with Gasteiger partial charge in [-0.3, -0.25) is 4.79 Å². The predicted molar refractivity (Wildman–Crippen MR) is 82.5 cm³/mol. The van der Waals surface area contributed by atoms with Gasteiger partial charge in [0.25, 0.3) is 5.91 Å². The molecule has 1 amide bonds. The quantitative estimate of drug-likeness (QED) is 0.868. The molecular formula is C17H18F2N4O. The second-order valence-electron chi connectivity index (χ2n) is 6.55. The van der Waals surface area contributed by atoms with Crippen molar-refractivity contribution in [1.29, 1.82) is 0 Å². The average molecular weight is 332 g/mol. The summed E-state index contributed by atoms with van der Waals surface area (Å²) in [5.74, 6) is -0.203. The third kappa shape index (κ3) is 2.90. The summed E-state index contributed by atoms with van der Waals surface area (Å²) in [5.41, 5.74) is 0.0638. The molecule has 4 rings (SSSR count). The van der Waals surface area contributed by atoms with E-state index in [-0.39, 0.29) is 17.5 Å². The van der Waals surface area contributed by atoms with Crippen LogP contribution in [0.1, 0.15) is 53.8 Å². The molecule has 0 bridgehead atoms. The van der Waals surface area contributed by atoms with Gasteiger partial charge >= 0.3 is 0 Å². The van der Waals surface area contributed by atoms with Crippen LogP contribution in [0, 0.1) is 11.6 Å². The zero-order valence-corrected chi connectivity index (χ0v) is 13.2. The Bertz CT molecular complexity index is 743. The first-order chi connectivity index (χ1) is 11.6. The van der Waals surface area contributed by atoms with Gasteiger partial charge in [0.05, 0.1) is 0 Å². The number of carbonyl (C=O) groups is 1. The van der Waals surface area contributed by atoms with E-state index in [9.17, 15) is 13.6 Å². The zero-order valence-electron chi connectivity index (χ0n) is 13.2. The number of hydrogen-bond acceptors (Lipinski definition) is 3. The number of nitrogens with zero attached hydrogens (tertiary/aromatic N) is 4. The Morgan fingerprint density at radius 2 is 1.71 bits per heavy atom. The van der Waals surface area contributed by atoms with Gasteiger partial charge in [0, 0.05) is 36.7 Å². The normalized spacial score (nSPS) is 18.8. The number of carbonyl (C=O) groups excluding carboxylic acids is 1. The number of piperidine rings is 1. The number of halogens is 2. The zero-order chi connectivity index (χ0) is 16.7. The van der Waals surface area contributed by atoms with Crippen molar-refractivity contribution in [3.63, 3.8) is 0 Å². The minimum Gasteiger partial charge on any atom is -0.338 e. The molecule has 0 spiro atoms. The van der Waals surface area contributed by atoms with Gasteiger partial charge in [0.15, 0.2) is 0 Å². The second kappa shape index (κ2) is 5.96. The molecule has 0 N–H and O–H groups in total. The fourth-order valence-electron chi connectivity index (χ4n) is 3.37. The maximum atomic E-state index is 13.3. The van der Waals surface area contributed by atoms with Crippen LogP contribution < -0.4 is 0 Å². The van der Waals surface area contributed by atoms with E-state index >= 15 is 0 Å². The van der Waals surface area contributed by atoms with Gasteiger partial charge < -0.3 is 9.47 Å². The van der Waals surface area contributed by atoms with E-state index in [0.29, 0.717) is 19.0 Å². The van der Waals surface area contributed by atoms with Crippen LogP contribution in [0.3, 0.4) is 0 Å². The van der Waals surface area contributed by atoms with Crippen molar-refractivity contribution < 1.29 is 13.6 Å². The van der Waals surface area contributed by atoms with Crippen molar-refractivity contribution in [2.45, 2.75) is 37.6 Å². The fraction of sp³-hybridized carbons (Fsp3) is 0.471. The Morgan fingerprint density at radius 1 is 1.04 bits per heavy atom. The summed E-state index contributed by atoms with van der Waals surface area (Å²) in [5, 5.41) is 8.25. The molecule has 0 atom stereocenters. The van der Waals surface area contributed by atoms with Crippen LogP contribution in [0.2, 0.25) is 0 Å². The highest BCUT2D eigenvalue weighted by atomic mass is 19.1. The Morgan fingerprint density at radius 3 is 2.33 bits per heavy atom. The molecule has 1 aromatic heterocycles. The topological polar surface area (TPSA) is 51.0 Å². The molecule has 5 nitrogen and oxygen atoms in total. The Balaban J connectivity index is 1.44. The summed E-state index contributed by atoms with van der Waals surface area (Å²) >= 11 is 0. The van der Waals surface area contributed by atoms with E-state index in [2.05, 4.69) is 14.8 Å². The van der Waals surface area contributed by atoms with Gasteiger partial charge in [-0.2, -0.15) is 0 Å². The van der Waals surface area contributed by atoms with Gasteiger partial charge in [0.2, 0.25) is 0 Å². The van der Waals surface area contributed by atoms with Crippen molar-refractivity contribution in [2.75, 3.05) is 13.1 Å². The van der Waals surface area contributed by atoms with Crippen molar-refractivity contribution in [3.05, 3.63) is 47.5 Å². The van der Waals surface area contributed by atoms with E-state index in [4.69, 9.17) is 0 Å². The average Bonchev–Trinajstić information content (AvgIpc) is 3.30. The summed E-state index contributed by atoms with van der Waals surface area (Å²) in [4.78, 5) is 14.1. The molecule has 2 aromatic rings. The molecule has 1 saturated heterocycles. The molecule has 126 valence electrons. The highest BCUT2D eigenvalue weighted by Gasteiger charge is 2.32. The summed E-state index contributed by atoms with van der Waals surface area (Å²) in [6, 6.07) is 3.23. The highest BCUT2D eigenvalue weighted by Crippen LogP contribution is 2.40. The molecule has 2 heterocycles. The van der Waals surface area contributed by atoms with Crippen molar-refractivity contribution in [1.82, 2.24) is 19.7 Å². The van der Waals surface area contributed by atoms with Gasteiger partial charge in [-0.1, -0.05) is 0 Å². The minimum atomic E-state index is -0.730. The lowest BCUT2D eigenvalue weighted by atomic mass is 10.0. The SMILES string of the molecule is O=C(c1cc(F)cc(F)c1)N1CCC(n2cnnc2C2CC2)CC1. The number of aromatic nitrogens is 3. The standard InChI is InChI=1S/C17H18F2N4O/c18-13-7-12(8-14(19)9-13)17(24)22-5-3-15(4-6-22)23-10-20-21-16(23)11-1-2-11/h7-11,15H,1-6H2. The number of benzene rings is 1. The molecule has 1 aliphatic carbocycles. The molecule has 1 saturated carbocycles. The number of hydrogen-bond donors (Lipinski definition) is 0. The Labute approximate surface area is 138 Å². The van der Waals surface area contributed by atoms with Gasteiger partial charge in [-0.25, -0.2) is 8.78 Å². The van der Waals surface area contributed by atoms with Crippen LogP contribution >= 0.6 is 0 Å².